The Kier molecular flexibility index (Phi) is 4.98. The standard InChI is InChI=1S/C17H24ClNO/c1-11-5-12(2)7-14(6-11)10-19-16-8-13(3)15(18)9-17(16)20-4/h5,8-9,11,14,19H,6-7,10H2,1-4H3. The smallest absolute Gasteiger partial charge is 0.143 e. The number of methoxy groups -OCH3 is 1. The summed E-state index contributed by atoms with van der Waals surface area (Å²) in [5, 5.41) is 4.28. The maximum absolute atomic E-state index is 6.14. The van der Waals surface area contributed by atoms with Gasteiger partial charge in [-0.15, -0.1) is 0 Å². The number of allylic oxidation sites excluding steroid dienone is 2. The van der Waals surface area contributed by atoms with Gasteiger partial charge in [0, 0.05) is 17.6 Å². The Morgan fingerprint density at radius 2 is 2.10 bits per heavy atom. The first-order chi connectivity index (χ1) is 9.49. The van der Waals surface area contributed by atoms with Crippen LogP contribution in [-0.4, -0.2) is 13.7 Å². The summed E-state index contributed by atoms with van der Waals surface area (Å²) < 4.78 is 5.40. The number of aryl methyl sites for hydroxylation is 1. The molecule has 1 aliphatic carbocycles. The van der Waals surface area contributed by atoms with E-state index in [1.165, 1.54) is 18.4 Å². The van der Waals surface area contributed by atoms with Gasteiger partial charge in [0.2, 0.25) is 0 Å². The van der Waals surface area contributed by atoms with E-state index in [1.807, 2.05) is 13.0 Å². The molecule has 0 heterocycles. The van der Waals surface area contributed by atoms with Gasteiger partial charge in [0.15, 0.2) is 0 Å². The molecule has 20 heavy (non-hydrogen) atoms. The highest BCUT2D eigenvalue weighted by Gasteiger charge is 2.18. The normalized spacial score (nSPS) is 22.4. The molecule has 2 unspecified atom stereocenters. The van der Waals surface area contributed by atoms with Crippen LogP contribution in [0, 0.1) is 18.8 Å². The fourth-order valence-corrected chi connectivity index (χ4v) is 3.22. The molecule has 3 heteroatoms. The van der Waals surface area contributed by atoms with Crippen LogP contribution in [0.5, 0.6) is 5.75 Å². The Bertz CT molecular complexity index is 510. The van der Waals surface area contributed by atoms with E-state index in [2.05, 4.69) is 31.3 Å². The molecule has 0 amide bonds. The number of benzene rings is 1. The second kappa shape index (κ2) is 6.53. The molecule has 2 rings (SSSR count). The van der Waals surface area contributed by atoms with Gasteiger partial charge in [0.25, 0.3) is 0 Å². The van der Waals surface area contributed by atoms with Crippen molar-refractivity contribution in [1.29, 1.82) is 0 Å². The summed E-state index contributed by atoms with van der Waals surface area (Å²) in [7, 11) is 1.68. The minimum absolute atomic E-state index is 0.685. The lowest BCUT2D eigenvalue weighted by Gasteiger charge is -2.26. The molecule has 0 saturated heterocycles. The van der Waals surface area contributed by atoms with Gasteiger partial charge in [-0.1, -0.05) is 30.2 Å². The van der Waals surface area contributed by atoms with E-state index < -0.39 is 0 Å². The predicted octanol–water partition coefficient (Wildman–Crippen LogP) is 5.06. The molecule has 1 aliphatic rings. The number of hydrogen-bond acceptors (Lipinski definition) is 2. The third-order valence-electron chi connectivity index (χ3n) is 3.95. The minimum atomic E-state index is 0.685. The molecule has 0 aliphatic heterocycles. The van der Waals surface area contributed by atoms with Crippen molar-refractivity contribution >= 4 is 17.3 Å². The minimum Gasteiger partial charge on any atom is -0.495 e. The van der Waals surface area contributed by atoms with Crippen molar-refractivity contribution in [2.45, 2.75) is 33.6 Å². The van der Waals surface area contributed by atoms with Gasteiger partial charge in [-0.3, -0.25) is 0 Å². The Morgan fingerprint density at radius 1 is 1.35 bits per heavy atom. The van der Waals surface area contributed by atoms with Crippen LogP contribution >= 0.6 is 11.6 Å². The summed E-state index contributed by atoms with van der Waals surface area (Å²) in [6.45, 7) is 7.52. The molecule has 0 bridgehead atoms. The third-order valence-corrected chi connectivity index (χ3v) is 4.35. The van der Waals surface area contributed by atoms with Crippen molar-refractivity contribution in [3.8, 4) is 5.75 Å². The van der Waals surface area contributed by atoms with E-state index in [1.54, 1.807) is 7.11 Å². The summed E-state index contributed by atoms with van der Waals surface area (Å²) in [4.78, 5) is 0. The lowest BCUT2D eigenvalue weighted by atomic mass is 9.83. The van der Waals surface area contributed by atoms with Crippen molar-refractivity contribution in [1.82, 2.24) is 0 Å². The van der Waals surface area contributed by atoms with E-state index >= 15 is 0 Å². The van der Waals surface area contributed by atoms with Gasteiger partial charge in [0.05, 0.1) is 12.8 Å². The third kappa shape index (κ3) is 3.69. The van der Waals surface area contributed by atoms with Gasteiger partial charge < -0.3 is 10.1 Å². The predicted molar refractivity (Wildman–Crippen MR) is 86.9 cm³/mol. The van der Waals surface area contributed by atoms with Gasteiger partial charge in [-0.25, -0.2) is 0 Å². The first-order valence-corrected chi connectivity index (χ1v) is 7.62. The topological polar surface area (TPSA) is 21.3 Å². The molecule has 2 nitrogen and oxygen atoms in total. The number of nitrogens with one attached hydrogen (secondary N) is 1. The highest BCUT2D eigenvalue weighted by Crippen LogP contribution is 2.33. The maximum Gasteiger partial charge on any atom is 0.143 e. The van der Waals surface area contributed by atoms with Gasteiger partial charge in [0.1, 0.15) is 5.75 Å². The molecule has 1 aromatic rings. The summed E-state index contributed by atoms with van der Waals surface area (Å²) in [5.41, 5.74) is 3.62. The zero-order valence-corrected chi connectivity index (χ0v) is 13.6. The summed E-state index contributed by atoms with van der Waals surface area (Å²) >= 11 is 6.14. The SMILES string of the molecule is COc1cc(Cl)c(C)cc1NCC1CC(C)=CC(C)C1. The molecule has 0 fully saturated rings. The Morgan fingerprint density at radius 3 is 2.75 bits per heavy atom. The number of hydrogen-bond donors (Lipinski definition) is 1. The lowest BCUT2D eigenvalue weighted by Crippen LogP contribution is -2.20. The van der Waals surface area contributed by atoms with Crippen molar-refractivity contribution in [2.24, 2.45) is 11.8 Å². The number of halogens is 1. The Hall–Kier alpha value is -1.15. The van der Waals surface area contributed by atoms with Gasteiger partial charge in [-0.2, -0.15) is 0 Å². The van der Waals surface area contributed by atoms with Crippen LogP contribution < -0.4 is 10.1 Å². The van der Waals surface area contributed by atoms with Crippen LogP contribution in [0.2, 0.25) is 5.02 Å². The van der Waals surface area contributed by atoms with Gasteiger partial charge >= 0.3 is 0 Å². The average Bonchev–Trinajstić information content (AvgIpc) is 2.38. The van der Waals surface area contributed by atoms with Gasteiger partial charge in [-0.05, 0) is 50.2 Å². The molecule has 2 atom stereocenters. The van der Waals surface area contributed by atoms with E-state index in [4.69, 9.17) is 16.3 Å². The second-order valence-electron chi connectivity index (χ2n) is 5.98. The first-order valence-electron chi connectivity index (χ1n) is 7.25. The average molecular weight is 294 g/mol. The zero-order chi connectivity index (χ0) is 14.7. The number of ether oxygens (including phenoxy) is 1. The van der Waals surface area contributed by atoms with Crippen molar-refractivity contribution < 1.29 is 4.74 Å². The van der Waals surface area contributed by atoms with E-state index in [-0.39, 0.29) is 0 Å². The quantitative estimate of drug-likeness (QED) is 0.783. The van der Waals surface area contributed by atoms with Crippen LogP contribution in [-0.2, 0) is 0 Å². The molecule has 0 saturated carbocycles. The van der Waals surface area contributed by atoms with Crippen LogP contribution in [0.3, 0.4) is 0 Å². The zero-order valence-electron chi connectivity index (χ0n) is 12.8. The van der Waals surface area contributed by atoms with Crippen LogP contribution in [0.25, 0.3) is 0 Å². The number of anilines is 1. The monoisotopic (exact) mass is 293 g/mol. The Balaban J connectivity index is 2.04. The molecule has 1 N–H and O–H groups in total. The van der Waals surface area contributed by atoms with E-state index in [0.29, 0.717) is 11.8 Å². The highest BCUT2D eigenvalue weighted by molar-refractivity contribution is 6.31. The lowest BCUT2D eigenvalue weighted by molar-refractivity contribution is 0.410. The highest BCUT2D eigenvalue weighted by atomic mass is 35.5. The molecule has 1 aromatic carbocycles. The van der Waals surface area contributed by atoms with E-state index in [0.717, 1.165) is 28.6 Å². The summed E-state index contributed by atoms with van der Waals surface area (Å²) in [5.74, 6) is 2.19. The molecule has 110 valence electrons. The second-order valence-corrected chi connectivity index (χ2v) is 6.39. The van der Waals surface area contributed by atoms with Crippen LogP contribution in [0.1, 0.15) is 32.3 Å². The number of rotatable bonds is 4. The molecular weight excluding hydrogens is 270 g/mol. The molecule has 0 spiro atoms. The van der Waals surface area contributed by atoms with Crippen LogP contribution in [0.15, 0.2) is 23.8 Å². The summed E-state index contributed by atoms with van der Waals surface area (Å²) in [6, 6.07) is 3.95. The molecule has 0 aromatic heterocycles. The van der Waals surface area contributed by atoms with Crippen LogP contribution in [0.4, 0.5) is 5.69 Å². The molecule has 0 radical (unpaired) electrons. The largest absolute Gasteiger partial charge is 0.495 e. The van der Waals surface area contributed by atoms with Crippen molar-refractivity contribution in [2.75, 3.05) is 19.0 Å². The van der Waals surface area contributed by atoms with Crippen molar-refractivity contribution in [3.05, 3.63) is 34.4 Å². The van der Waals surface area contributed by atoms with Crippen molar-refractivity contribution in [3.63, 3.8) is 0 Å². The molecular formula is C17H24ClNO. The Labute approximate surface area is 127 Å². The summed E-state index contributed by atoms with van der Waals surface area (Å²) in [6.07, 6.45) is 4.83. The van der Waals surface area contributed by atoms with E-state index in [9.17, 15) is 0 Å². The fraction of sp³-hybridized carbons (Fsp3) is 0.529. The first kappa shape index (κ1) is 15.2. The fourth-order valence-electron chi connectivity index (χ4n) is 3.07. The maximum atomic E-state index is 6.14.